The van der Waals surface area contributed by atoms with E-state index in [9.17, 15) is 0 Å². The second kappa shape index (κ2) is 5.41. The maximum atomic E-state index is 4.64. The van der Waals surface area contributed by atoms with E-state index in [1.807, 2.05) is 10.9 Å². The zero-order chi connectivity index (χ0) is 14.1. The summed E-state index contributed by atoms with van der Waals surface area (Å²) in [6.45, 7) is 7.50. The second-order valence-electron chi connectivity index (χ2n) is 6.11. The average molecular weight is 269 g/mol. The molecule has 1 fully saturated rings. The van der Waals surface area contributed by atoms with Crippen LogP contribution in [0.5, 0.6) is 0 Å². The van der Waals surface area contributed by atoms with Gasteiger partial charge in [0.05, 0.1) is 11.4 Å². The molecule has 0 spiro atoms. The van der Waals surface area contributed by atoms with Crippen molar-refractivity contribution < 1.29 is 0 Å². The van der Waals surface area contributed by atoms with E-state index in [1.54, 1.807) is 0 Å². The third-order valence-corrected chi connectivity index (χ3v) is 3.95. The van der Waals surface area contributed by atoms with Crippen LogP contribution < -0.4 is 5.32 Å². The van der Waals surface area contributed by atoms with Crippen LogP contribution in [0.1, 0.15) is 49.4 Å². The monoisotopic (exact) mass is 269 g/mol. The number of benzene rings is 1. The molecule has 0 bridgehead atoms. The predicted octanol–water partition coefficient (Wildman–Crippen LogP) is 3.56. The Morgan fingerprint density at radius 2 is 2.10 bits per heavy atom. The third kappa shape index (κ3) is 2.93. The van der Waals surface area contributed by atoms with Crippen LogP contribution in [0.25, 0.3) is 5.69 Å². The molecule has 1 saturated carbocycles. The van der Waals surface area contributed by atoms with Gasteiger partial charge in [-0.3, -0.25) is 0 Å². The lowest BCUT2D eigenvalue weighted by Crippen LogP contribution is -2.16. The van der Waals surface area contributed by atoms with Crippen molar-refractivity contribution >= 4 is 0 Å². The number of aryl methyl sites for hydroxylation is 1. The Kier molecular flexibility index (Phi) is 3.62. The molecule has 2 aromatic rings. The molecular formula is C17H23N3. The summed E-state index contributed by atoms with van der Waals surface area (Å²) in [7, 11) is 0. The lowest BCUT2D eigenvalue weighted by Gasteiger charge is -2.10. The minimum Gasteiger partial charge on any atom is -0.310 e. The van der Waals surface area contributed by atoms with Crippen molar-refractivity contribution in [2.45, 2.75) is 52.1 Å². The summed E-state index contributed by atoms with van der Waals surface area (Å²) in [6, 6.07) is 9.46. The first kappa shape index (κ1) is 13.4. The summed E-state index contributed by atoms with van der Waals surface area (Å²) in [5.41, 5.74) is 5.00. The van der Waals surface area contributed by atoms with E-state index in [-0.39, 0.29) is 0 Å². The van der Waals surface area contributed by atoms with Gasteiger partial charge in [-0.1, -0.05) is 19.9 Å². The van der Waals surface area contributed by atoms with E-state index >= 15 is 0 Å². The van der Waals surface area contributed by atoms with Crippen LogP contribution in [0.3, 0.4) is 0 Å². The standard InChI is InChI=1S/C17H23N3/c1-12(2)17-8-9-20(19-17)16-7-4-14(13(3)10-16)11-18-15-5-6-15/h4,7-10,12,15,18H,5-6,11H2,1-3H3. The van der Waals surface area contributed by atoms with Crippen molar-refractivity contribution in [3.63, 3.8) is 0 Å². The fraction of sp³-hybridized carbons (Fsp3) is 0.471. The van der Waals surface area contributed by atoms with Gasteiger partial charge >= 0.3 is 0 Å². The Bertz CT molecular complexity index is 594. The van der Waals surface area contributed by atoms with Gasteiger partial charge in [0.1, 0.15) is 0 Å². The molecule has 0 unspecified atom stereocenters. The molecule has 1 heterocycles. The van der Waals surface area contributed by atoms with Crippen LogP contribution in [0, 0.1) is 6.92 Å². The van der Waals surface area contributed by atoms with E-state index in [0.717, 1.165) is 24.0 Å². The first-order valence-corrected chi connectivity index (χ1v) is 7.52. The number of nitrogens with zero attached hydrogens (tertiary/aromatic N) is 2. The van der Waals surface area contributed by atoms with Crippen molar-refractivity contribution in [2.24, 2.45) is 0 Å². The van der Waals surface area contributed by atoms with Crippen molar-refractivity contribution in [3.05, 3.63) is 47.3 Å². The van der Waals surface area contributed by atoms with Crippen molar-refractivity contribution in [2.75, 3.05) is 0 Å². The number of nitrogens with one attached hydrogen (secondary N) is 1. The zero-order valence-electron chi connectivity index (χ0n) is 12.6. The third-order valence-electron chi connectivity index (χ3n) is 3.95. The van der Waals surface area contributed by atoms with Gasteiger partial charge in [0.25, 0.3) is 0 Å². The van der Waals surface area contributed by atoms with E-state index < -0.39 is 0 Å². The molecule has 3 nitrogen and oxygen atoms in total. The number of aromatic nitrogens is 2. The largest absolute Gasteiger partial charge is 0.310 e. The lowest BCUT2D eigenvalue weighted by atomic mass is 10.1. The average Bonchev–Trinajstić information content (AvgIpc) is 3.11. The maximum Gasteiger partial charge on any atom is 0.0654 e. The summed E-state index contributed by atoms with van der Waals surface area (Å²) in [4.78, 5) is 0. The molecule has 0 aliphatic heterocycles. The van der Waals surface area contributed by atoms with Crippen LogP contribution in [0.4, 0.5) is 0 Å². The summed E-state index contributed by atoms with van der Waals surface area (Å²) >= 11 is 0. The van der Waals surface area contributed by atoms with Crippen LogP contribution in [0.15, 0.2) is 30.5 Å². The van der Waals surface area contributed by atoms with Crippen molar-refractivity contribution in [3.8, 4) is 5.69 Å². The SMILES string of the molecule is Cc1cc(-n2ccc(C(C)C)n2)ccc1CNC1CC1. The Labute approximate surface area is 121 Å². The molecule has 0 radical (unpaired) electrons. The summed E-state index contributed by atoms with van der Waals surface area (Å²) in [5, 5.41) is 8.21. The molecule has 0 amide bonds. The van der Waals surface area contributed by atoms with E-state index in [1.165, 1.54) is 24.0 Å². The van der Waals surface area contributed by atoms with Crippen LogP contribution in [-0.4, -0.2) is 15.8 Å². The number of hydrogen-bond acceptors (Lipinski definition) is 2. The molecule has 3 rings (SSSR count). The first-order valence-electron chi connectivity index (χ1n) is 7.52. The van der Waals surface area contributed by atoms with E-state index in [0.29, 0.717) is 5.92 Å². The van der Waals surface area contributed by atoms with Gasteiger partial charge in [-0.25, -0.2) is 4.68 Å². The molecule has 1 aliphatic carbocycles. The quantitative estimate of drug-likeness (QED) is 0.899. The highest BCUT2D eigenvalue weighted by Gasteiger charge is 2.20. The van der Waals surface area contributed by atoms with E-state index in [4.69, 9.17) is 0 Å². The fourth-order valence-corrected chi connectivity index (χ4v) is 2.35. The Morgan fingerprint density at radius 3 is 2.70 bits per heavy atom. The first-order chi connectivity index (χ1) is 9.63. The van der Waals surface area contributed by atoms with Gasteiger partial charge in [-0.2, -0.15) is 5.10 Å². The Balaban J connectivity index is 1.77. The van der Waals surface area contributed by atoms with Gasteiger partial charge in [-0.05, 0) is 55.0 Å². The van der Waals surface area contributed by atoms with Crippen LogP contribution >= 0.6 is 0 Å². The smallest absolute Gasteiger partial charge is 0.0654 e. The van der Waals surface area contributed by atoms with Crippen molar-refractivity contribution in [1.29, 1.82) is 0 Å². The van der Waals surface area contributed by atoms with Gasteiger partial charge in [0.2, 0.25) is 0 Å². The predicted molar refractivity (Wildman–Crippen MR) is 82.3 cm³/mol. The Hall–Kier alpha value is -1.61. The molecule has 106 valence electrons. The van der Waals surface area contributed by atoms with Gasteiger partial charge in [0, 0.05) is 18.8 Å². The summed E-state index contributed by atoms with van der Waals surface area (Å²) < 4.78 is 1.97. The maximum absolute atomic E-state index is 4.64. The van der Waals surface area contributed by atoms with Crippen molar-refractivity contribution in [1.82, 2.24) is 15.1 Å². The van der Waals surface area contributed by atoms with Crippen LogP contribution in [0.2, 0.25) is 0 Å². The Morgan fingerprint density at radius 1 is 1.30 bits per heavy atom. The topological polar surface area (TPSA) is 29.9 Å². The zero-order valence-corrected chi connectivity index (χ0v) is 12.6. The molecule has 3 heteroatoms. The molecule has 1 aromatic carbocycles. The van der Waals surface area contributed by atoms with Gasteiger partial charge < -0.3 is 5.32 Å². The van der Waals surface area contributed by atoms with Gasteiger partial charge in [-0.15, -0.1) is 0 Å². The molecule has 1 aliphatic rings. The second-order valence-corrected chi connectivity index (χ2v) is 6.11. The highest BCUT2D eigenvalue weighted by molar-refractivity contribution is 5.40. The normalized spacial score (nSPS) is 15.0. The molecule has 0 atom stereocenters. The molecule has 1 N–H and O–H groups in total. The summed E-state index contributed by atoms with van der Waals surface area (Å²) in [5.74, 6) is 0.472. The summed E-state index contributed by atoms with van der Waals surface area (Å²) in [6.07, 6.45) is 4.72. The molecule has 1 aromatic heterocycles. The number of rotatable bonds is 5. The molecule has 0 saturated heterocycles. The van der Waals surface area contributed by atoms with Gasteiger partial charge in [0.15, 0.2) is 0 Å². The minimum absolute atomic E-state index is 0.472. The molecule has 20 heavy (non-hydrogen) atoms. The van der Waals surface area contributed by atoms with Crippen LogP contribution in [-0.2, 0) is 6.54 Å². The highest BCUT2D eigenvalue weighted by Crippen LogP contribution is 2.21. The minimum atomic E-state index is 0.472. The lowest BCUT2D eigenvalue weighted by molar-refractivity contribution is 0.684. The molecular weight excluding hydrogens is 246 g/mol. The number of hydrogen-bond donors (Lipinski definition) is 1. The van der Waals surface area contributed by atoms with E-state index in [2.05, 4.69) is 55.5 Å². The highest BCUT2D eigenvalue weighted by atomic mass is 15.3. The fourth-order valence-electron chi connectivity index (χ4n) is 2.35.